The molecule has 0 aliphatic carbocycles. The molecule has 0 atom stereocenters. The highest BCUT2D eigenvalue weighted by atomic mass is 32.2. The maximum atomic E-state index is 12.5. The van der Waals surface area contributed by atoms with E-state index in [2.05, 4.69) is 15.3 Å². The predicted molar refractivity (Wildman–Crippen MR) is 88.1 cm³/mol. The van der Waals surface area contributed by atoms with Gasteiger partial charge in [0.1, 0.15) is 0 Å². The molecule has 0 spiro atoms. The summed E-state index contributed by atoms with van der Waals surface area (Å²) in [7, 11) is 0. The van der Waals surface area contributed by atoms with Gasteiger partial charge in [-0.25, -0.2) is 9.97 Å². The van der Waals surface area contributed by atoms with Crippen LogP contribution in [-0.4, -0.2) is 14.5 Å². The standard InChI is InChI=1S/C15H15N3OS2/c1-3-18-14(19)12-6-4-5-7-13(12)17-15(18)21-9-11-8-20-10(2)16-11/h4-8H,3,9H2,1-2H3. The van der Waals surface area contributed by atoms with Gasteiger partial charge in [0.2, 0.25) is 0 Å². The van der Waals surface area contributed by atoms with Crippen molar-refractivity contribution in [3.05, 3.63) is 50.7 Å². The first-order valence-corrected chi connectivity index (χ1v) is 8.59. The van der Waals surface area contributed by atoms with Crippen LogP contribution in [0.25, 0.3) is 10.9 Å². The van der Waals surface area contributed by atoms with Crippen molar-refractivity contribution in [3.8, 4) is 0 Å². The van der Waals surface area contributed by atoms with E-state index in [0.717, 1.165) is 27.1 Å². The summed E-state index contributed by atoms with van der Waals surface area (Å²) >= 11 is 3.20. The lowest BCUT2D eigenvalue weighted by molar-refractivity contribution is 0.634. The largest absolute Gasteiger partial charge is 0.287 e. The van der Waals surface area contributed by atoms with Crippen molar-refractivity contribution >= 4 is 34.0 Å². The fourth-order valence-electron chi connectivity index (χ4n) is 2.15. The predicted octanol–water partition coefficient (Wildman–Crippen LogP) is 3.47. The fourth-order valence-corrected chi connectivity index (χ4v) is 3.82. The number of fused-ring (bicyclic) bond motifs is 1. The molecule has 0 unspecified atom stereocenters. The molecular formula is C15H15N3OS2. The Morgan fingerprint density at radius 1 is 1.29 bits per heavy atom. The number of nitrogens with zero attached hydrogens (tertiary/aromatic N) is 3. The SMILES string of the molecule is CCn1c(SCc2csc(C)n2)nc2ccccc2c1=O. The number of aryl methyl sites for hydroxylation is 1. The summed E-state index contributed by atoms with van der Waals surface area (Å²) < 4.78 is 1.73. The van der Waals surface area contributed by atoms with Crippen LogP contribution >= 0.6 is 23.1 Å². The van der Waals surface area contributed by atoms with Crippen LogP contribution in [0.1, 0.15) is 17.6 Å². The van der Waals surface area contributed by atoms with Gasteiger partial charge in [-0.3, -0.25) is 9.36 Å². The van der Waals surface area contributed by atoms with Gasteiger partial charge in [0.15, 0.2) is 5.16 Å². The van der Waals surface area contributed by atoms with Gasteiger partial charge >= 0.3 is 0 Å². The fraction of sp³-hybridized carbons (Fsp3) is 0.267. The molecule has 0 bridgehead atoms. The Hall–Kier alpha value is -1.66. The van der Waals surface area contributed by atoms with Crippen LogP contribution in [0.4, 0.5) is 0 Å². The average molecular weight is 317 g/mol. The molecule has 0 aliphatic rings. The Labute approximate surface area is 130 Å². The van der Waals surface area contributed by atoms with Gasteiger partial charge in [0, 0.05) is 17.7 Å². The van der Waals surface area contributed by atoms with E-state index >= 15 is 0 Å². The second-order valence-corrected chi connectivity index (χ2v) is 6.61. The number of rotatable bonds is 4. The molecule has 6 heteroatoms. The van der Waals surface area contributed by atoms with Crippen molar-refractivity contribution in [2.75, 3.05) is 0 Å². The van der Waals surface area contributed by atoms with Crippen molar-refractivity contribution < 1.29 is 0 Å². The summed E-state index contributed by atoms with van der Waals surface area (Å²) in [5.41, 5.74) is 1.82. The molecule has 0 fully saturated rings. The quantitative estimate of drug-likeness (QED) is 0.546. The molecular weight excluding hydrogens is 302 g/mol. The molecule has 1 aromatic carbocycles. The number of para-hydroxylation sites is 1. The summed E-state index contributed by atoms with van der Waals surface area (Å²) in [5, 5.41) is 4.54. The lowest BCUT2D eigenvalue weighted by Crippen LogP contribution is -2.22. The van der Waals surface area contributed by atoms with E-state index < -0.39 is 0 Å². The number of thioether (sulfide) groups is 1. The Morgan fingerprint density at radius 2 is 2.10 bits per heavy atom. The van der Waals surface area contributed by atoms with E-state index in [1.165, 1.54) is 0 Å². The number of hydrogen-bond donors (Lipinski definition) is 0. The normalized spacial score (nSPS) is 11.1. The van der Waals surface area contributed by atoms with Crippen molar-refractivity contribution in [1.82, 2.24) is 14.5 Å². The average Bonchev–Trinajstić information content (AvgIpc) is 2.91. The Kier molecular flexibility index (Phi) is 4.07. The number of hydrogen-bond acceptors (Lipinski definition) is 5. The van der Waals surface area contributed by atoms with Crippen LogP contribution < -0.4 is 5.56 Å². The molecule has 3 rings (SSSR count). The second-order valence-electron chi connectivity index (χ2n) is 4.61. The minimum atomic E-state index is 0.0278. The second kappa shape index (κ2) is 5.99. The maximum Gasteiger partial charge on any atom is 0.262 e. The van der Waals surface area contributed by atoms with E-state index in [-0.39, 0.29) is 5.56 Å². The molecule has 108 valence electrons. The molecule has 0 radical (unpaired) electrons. The Bertz CT molecular complexity index is 838. The zero-order chi connectivity index (χ0) is 14.8. The van der Waals surface area contributed by atoms with Crippen molar-refractivity contribution in [2.45, 2.75) is 31.3 Å². The van der Waals surface area contributed by atoms with Gasteiger partial charge in [-0.05, 0) is 26.0 Å². The van der Waals surface area contributed by atoms with E-state index in [1.54, 1.807) is 27.7 Å². The first-order valence-electron chi connectivity index (χ1n) is 6.72. The highest BCUT2D eigenvalue weighted by molar-refractivity contribution is 7.98. The van der Waals surface area contributed by atoms with Gasteiger partial charge in [-0.15, -0.1) is 11.3 Å². The van der Waals surface area contributed by atoms with Gasteiger partial charge in [0.05, 0.1) is 21.6 Å². The van der Waals surface area contributed by atoms with Gasteiger partial charge in [0.25, 0.3) is 5.56 Å². The molecule has 4 nitrogen and oxygen atoms in total. The highest BCUT2D eigenvalue weighted by Crippen LogP contribution is 2.22. The molecule has 0 N–H and O–H groups in total. The third kappa shape index (κ3) is 2.87. The molecule has 0 aliphatic heterocycles. The van der Waals surface area contributed by atoms with Crippen LogP contribution in [0.15, 0.2) is 39.6 Å². The van der Waals surface area contributed by atoms with Crippen LogP contribution in [-0.2, 0) is 12.3 Å². The molecule has 0 saturated heterocycles. The maximum absolute atomic E-state index is 12.5. The minimum absolute atomic E-state index is 0.0278. The van der Waals surface area contributed by atoms with Gasteiger partial charge < -0.3 is 0 Å². The summed E-state index contributed by atoms with van der Waals surface area (Å²) in [6.45, 7) is 4.58. The van der Waals surface area contributed by atoms with E-state index in [0.29, 0.717) is 11.9 Å². The molecule has 2 aromatic heterocycles. The summed E-state index contributed by atoms with van der Waals surface area (Å²) in [5.74, 6) is 0.731. The summed E-state index contributed by atoms with van der Waals surface area (Å²) in [6.07, 6.45) is 0. The zero-order valence-electron chi connectivity index (χ0n) is 11.9. The van der Waals surface area contributed by atoms with Crippen molar-refractivity contribution in [2.24, 2.45) is 0 Å². The topological polar surface area (TPSA) is 47.8 Å². The smallest absolute Gasteiger partial charge is 0.262 e. The molecule has 21 heavy (non-hydrogen) atoms. The van der Waals surface area contributed by atoms with E-state index in [1.807, 2.05) is 38.1 Å². The van der Waals surface area contributed by atoms with Crippen LogP contribution in [0.2, 0.25) is 0 Å². The van der Waals surface area contributed by atoms with Crippen molar-refractivity contribution in [3.63, 3.8) is 0 Å². The monoisotopic (exact) mass is 317 g/mol. The van der Waals surface area contributed by atoms with Crippen LogP contribution in [0.3, 0.4) is 0 Å². The first kappa shape index (κ1) is 14.3. The lowest BCUT2D eigenvalue weighted by Gasteiger charge is -2.10. The number of benzene rings is 1. The zero-order valence-corrected chi connectivity index (χ0v) is 13.5. The van der Waals surface area contributed by atoms with E-state index in [4.69, 9.17) is 0 Å². The van der Waals surface area contributed by atoms with Crippen LogP contribution in [0, 0.1) is 6.92 Å². The van der Waals surface area contributed by atoms with E-state index in [9.17, 15) is 4.79 Å². The van der Waals surface area contributed by atoms with Gasteiger partial charge in [-0.1, -0.05) is 23.9 Å². The third-order valence-corrected chi connectivity index (χ3v) is 4.99. The van der Waals surface area contributed by atoms with Crippen LogP contribution in [0.5, 0.6) is 0 Å². The molecule has 3 aromatic rings. The van der Waals surface area contributed by atoms with Crippen molar-refractivity contribution in [1.29, 1.82) is 0 Å². The van der Waals surface area contributed by atoms with Gasteiger partial charge in [-0.2, -0.15) is 0 Å². The summed E-state index contributed by atoms with van der Waals surface area (Å²) in [6, 6.07) is 7.49. The number of thiazole rings is 1. The highest BCUT2D eigenvalue weighted by Gasteiger charge is 2.10. The lowest BCUT2D eigenvalue weighted by atomic mass is 10.2. The molecule has 2 heterocycles. The summed E-state index contributed by atoms with van der Waals surface area (Å²) in [4.78, 5) is 21.6. The molecule has 0 saturated carbocycles. The third-order valence-electron chi connectivity index (χ3n) is 3.16. The minimum Gasteiger partial charge on any atom is -0.287 e. The Morgan fingerprint density at radius 3 is 2.81 bits per heavy atom. The first-order chi connectivity index (χ1) is 10.2. The molecule has 0 amide bonds. The Balaban J connectivity index is 1.99. The number of aromatic nitrogens is 3.